The molecule has 0 unspecified atom stereocenters. The van der Waals surface area contributed by atoms with E-state index < -0.39 is 0 Å². The zero-order chi connectivity index (χ0) is 22.2. The number of carbonyl (C=O) groups excluding carboxylic acids is 1. The van der Waals surface area contributed by atoms with E-state index in [2.05, 4.69) is 13.8 Å². The minimum Gasteiger partial charge on any atom is -0.494 e. The van der Waals surface area contributed by atoms with Gasteiger partial charge in [0.1, 0.15) is 11.5 Å². The Morgan fingerprint density at radius 2 is 1.13 bits per heavy atom. The average Bonchev–Trinajstić information content (AvgIpc) is 2.79. The third-order valence-electron chi connectivity index (χ3n) is 5.16. The van der Waals surface area contributed by atoms with Gasteiger partial charge < -0.3 is 9.47 Å². The number of unbranched alkanes of at least 4 members (excludes halogenated alkanes) is 8. The van der Waals surface area contributed by atoms with Crippen LogP contribution in [-0.4, -0.2) is 18.3 Å². The Labute approximate surface area is 192 Å². The van der Waals surface area contributed by atoms with Crippen LogP contribution in [0, 0.1) is 0 Å². The monoisotopic (exact) mass is 442 g/mol. The summed E-state index contributed by atoms with van der Waals surface area (Å²) < 4.78 is 11.5. The Hall–Kier alpha value is -1.94. The molecule has 3 nitrogen and oxygen atoms in total. The maximum Gasteiger partial charge on any atom is 0.224 e. The second-order valence-electron chi connectivity index (χ2n) is 7.91. The molecule has 0 aromatic heterocycles. The van der Waals surface area contributed by atoms with Gasteiger partial charge in [0, 0.05) is 10.5 Å². The summed E-state index contributed by atoms with van der Waals surface area (Å²) >= 11 is 1.24. The molecule has 0 aliphatic carbocycles. The molecule has 0 heterocycles. The Kier molecular flexibility index (Phi) is 12.9. The van der Waals surface area contributed by atoms with Crippen molar-refractivity contribution in [1.29, 1.82) is 0 Å². The first-order valence-electron chi connectivity index (χ1n) is 11.9. The van der Waals surface area contributed by atoms with Crippen LogP contribution < -0.4 is 9.47 Å². The SMILES string of the molecule is CCCCCCCCCCOc1ccc(SC(=O)c2ccc(OCCCC)cc2)cc1. The molecule has 31 heavy (non-hydrogen) atoms. The van der Waals surface area contributed by atoms with Crippen LogP contribution in [0.15, 0.2) is 53.4 Å². The number of thioether (sulfide) groups is 1. The molecular weight excluding hydrogens is 404 g/mol. The van der Waals surface area contributed by atoms with E-state index in [9.17, 15) is 4.79 Å². The second-order valence-corrected chi connectivity index (χ2v) is 8.96. The van der Waals surface area contributed by atoms with E-state index >= 15 is 0 Å². The predicted octanol–water partition coefficient (Wildman–Crippen LogP) is 8.32. The number of benzene rings is 2. The van der Waals surface area contributed by atoms with Gasteiger partial charge >= 0.3 is 0 Å². The van der Waals surface area contributed by atoms with Crippen LogP contribution in [0.1, 0.15) is 88.4 Å². The van der Waals surface area contributed by atoms with Crippen LogP contribution in [0.3, 0.4) is 0 Å². The van der Waals surface area contributed by atoms with Gasteiger partial charge in [0.2, 0.25) is 5.12 Å². The third-order valence-corrected chi connectivity index (χ3v) is 6.09. The molecule has 0 radical (unpaired) electrons. The highest BCUT2D eigenvalue weighted by atomic mass is 32.2. The summed E-state index contributed by atoms with van der Waals surface area (Å²) in [6.07, 6.45) is 12.5. The summed E-state index contributed by atoms with van der Waals surface area (Å²) in [6, 6.07) is 15.2. The summed E-state index contributed by atoms with van der Waals surface area (Å²) in [4.78, 5) is 13.4. The Morgan fingerprint density at radius 3 is 1.71 bits per heavy atom. The van der Waals surface area contributed by atoms with E-state index in [0.29, 0.717) is 12.2 Å². The molecular formula is C27H38O3S. The van der Waals surface area contributed by atoms with E-state index in [1.165, 1.54) is 56.7 Å². The maximum atomic E-state index is 12.5. The second kappa shape index (κ2) is 15.8. The van der Waals surface area contributed by atoms with E-state index in [4.69, 9.17) is 9.47 Å². The van der Waals surface area contributed by atoms with E-state index in [0.717, 1.165) is 42.3 Å². The summed E-state index contributed by atoms with van der Waals surface area (Å²) in [5, 5.41) is 0.0349. The lowest BCUT2D eigenvalue weighted by Crippen LogP contribution is -1.98. The average molecular weight is 443 g/mol. The summed E-state index contributed by atoms with van der Waals surface area (Å²) in [5.41, 5.74) is 0.683. The van der Waals surface area contributed by atoms with E-state index in [1.54, 1.807) is 0 Å². The first kappa shape index (κ1) is 25.3. The fourth-order valence-electron chi connectivity index (χ4n) is 3.22. The molecule has 170 valence electrons. The van der Waals surface area contributed by atoms with Crippen molar-refractivity contribution in [2.45, 2.75) is 83.0 Å². The maximum absolute atomic E-state index is 12.5. The van der Waals surface area contributed by atoms with Crippen molar-refractivity contribution in [3.63, 3.8) is 0 Å². The molecule has 0 spiro atoms. The van der Waals surface area contributed by atoms with Crippen LogP contribution in [0.4, 0.5) is 0 Å². The summed E-state index contributed by atoms with van der Waals surface area (Å²) in [7, 11) is 0. The van der Waals surface area contributed by atoms with Crippen molar-refractivity contribution in [3.8, 4) is 11.5 Å². The normalized spacial score (nSPS) is 10.8. The van der Waals surface area contributed by atoms with Gasteiger partial charge in [0.25, 0.3) is 0 Å². The van der Waals surface area contributed by atoms with E-state index in [1.807, 2.05) is 48.5 Å². The quantitative estimate of drug-likeness (QED) is 0.193. The van der Waals surface area contributed by atoms with Gasteiger partial charge in [0.15, 0.2) is 0 Å². The largest absolute Gasteiger partial charge is 0.494 e. The number of rotatable bonds is 16. The van der Waals surface area contributed by atoms with Crippen LogP contribution in [-0.2, 0) is 0 Å². The Balaban J connectivity index is 1.65. The highest BCUT2D eigenvalue weighted by molar-refractivity contribution is 8.14. The van der Waals surface area contributed by atoms with Gasteiger partial charge in [-0.1, -0.05) is 65.2 Å². The van der Waals surface area contributed by atoms with Crippen molar-refractivity contribution in [2.24, 2.45) is 0 Å². The highest BCUT2D eigenvalue weighted by Gasteiger charge is 2.09. The zero-order valence-electron chi connectivity index (χ0n) is 19.2. The number of hydrogen-bond donors (Lipinski definition) is 0. The third kappa shape index (κ3) is 10.8. The molecule has 0 fully saturated rings. The smallest absolute Gasteiger partial charge is 0.224 e. The van der Waals surface area contributed by atoms with Gasteiger partial charge in [-0.2, -0.15) is 0 Å². The van der Waals surface area contributed by atoms with Crippen molar-refractivity contribution in [1.82, 2.24) is 0 Å². The minimum absolute atomic E-state index is 0.0349. The lowest BCUT2D eigenvalue weighted by atomic mass is 10.1. The predicted molar refractivity (Wildman–Crippen MR) is 132 cm³/mol. The molecule has 2 aromatic rings. The van der Waals surface area contributed by atoms with Gasteiger partial charge in [-0.05, 0) is 73.1 Å². The van der Waals surface area contributed by atoms with Gasteiger partial charge in [-0.25, -0.2) is 0 Å². The van der Waals surface area contributed by atoms with Crippen LogP contribution in [0.5, 0.6) is 11.5 Å². The molecule has 0 aliphatic rings. The molecule has 0 amide bonds. The van der Waals surface area contributed by atoms with E-state index in [-0.39, 0.29) is 5.12 Å². The molecule has 0 aliphatic heterocycles. The van der Waals surface area contributed by atoms with Crippen LogP contribution in [0.25, 0.3) is 0 Å². The summed E-state index contributed by atoms with van der Waals surface area (Å²) in [6.45, 7) is 5.86. The van der Waals surface area contributed by atoms with Gasteiger partial charge in [0.05, 0.1) is 13.2 Å². The van der Waals surface area contributed by atoms with Gasteiger partial charge in [-0.15, -0.1) is 0 Å². The van der Waals surface area contributed by atoms with Gasteiger partial charge in [-0.3, -0.25) is 4.79 Å². The zero-order valence-corrected chi connectivity index (χ0v) is 20.1. The molecule has 2 aromatic carbocycles. The first-order valence-corrected chi connectivity index (χ1v) is 12.7. The molecule has 0 saturated heterocycles. The topological polar surface area (TPSA) is 35.5 Å². The lowest BCUT2D eigenvalue weighted by Gasteiger charge is -2.08. The number of ether oxygens (including phenoxy) is 2. The fourth-order valence-corrected chi connectivity index (χ4v) is 3.96. The number of carbonyl (C=O) groups is 1. The lowest BCUT2D eigenvalue weighted by molar-refractivity contribution is 0.108. The molecule has 4 heteroatoms. The van der Waals surface area contributed by atoms with Crippen molar-refractivity contribution in [2.75, 3.05) is 13.2 Å². The minimum atomic E-state index is 0.0349. The fraction of sp³-hybridized carbons (Fsp3) is 0.519. The van der Waals surface area contributed by atoms with Crippen molar-refractivity contribution < 1.29 is 14.3 Å². The molecule has 0 N–H and O–H groups in total. The standard InChI is InChI=1S/C27H38O3S/c1-3-5-7-8-9-10-11-12-22-30-25-17-19-26(20-18-25)31-27(28)23-13-15-24(16-14-23)29-21-6-4-2/h13-20H,3-12,21-22H2,1-2H3. The molecule has 0 saturated carbocycles. The highest BCUT2D eigenvalue weighted by Crippen LogP contribution is 2.26. The molecule has 0 atom stereocenters. The van der Waals surface area contributed by atoms with Crippen molar-refractivity contribution in [3.05, 3.63) is 54.1 Å². The number of hydrogen-bond acceptors (Lipinski definition) is 4. The summed E-state index contributed by atoms with van der Waals surface area (Å²) in [5.74, 6) is 1.68. The van der Waals surface area contributed by atoms with Crippen LogP contribution in [0.2, 0.25) is 0 Å². The first-order chi connectivity index (χ1) is 15.2. The van der Waals surface area contributed by atoms with Crippen molar-refractivity contribution >= 4 is 16.9 Å². The Morgan fingerprint density at radius 1 is 0.645 bits per heavy atom. The Bertz CT molecular complexity index is 725. The molecule has 0 bridgehead atoms. The van der Waals surface area contributed by atoms with Crippen LogP contribution >= 0.6 is 11.8 Å². The molecule has 2 rings (SSSR count).